The van der Waals surface area contributed by atoms with Crippen LogP contribution in [0.25, 0.3) is 5.65 Å². The predicted octanol–water partition coefficient (Wildman–Crippen LogP) is 3.32. The van der Waals surface area contributed by atoms with Crippen LogP contribution in [-0.2, 0) is 0 Å². The second kappa shape index (κ2) is 5.73. The molecule has 1 aromatic carbocycles. The van der Waals surface area contributed by atoms with E-state index in [0.717, 1.165) is 33.8 Å². The Balaban J connectivity index is 2.27. The Bertz CT molecular complexity index is 921. The molecule has 5 heteroatoms. The Labute approximate surface area is 135 Å². The van der Waals surface area contributed by atoms with Crippen LogP contribution in [0.1, 0.15) is 34.0 Å². The first kappa shape index (κ1) is 15.0. The molecular weight excluding hydrogens is 288 g/mol. The maximum atomic E-state index is 9.84. The fourth-order valence-corrected chi connectivity index (χ4v) is 3.04. The van der Waals surface area contributed by atoms with Crippen molar-refractivity contribution in [3.8, 4) is 11.8 Å². The molecule has 5 nitrogen and oxygen atoms in total. The number of aromatic nitrogens is 3. The lowest BCUT2D eigenvalue weighted by molar-refractivity contribution is 0.411. The van der Waals surface area contributed by atoms with Crippen LogP contribution < -0.4 is 4.74 Å². The van der Waals surface area contributed by atoms with E-state index < -0.39 is 5.92 Å². The lowest BCUT2D eigenvalue weighted by Gasteiger charge is -2.18. The highest BCUT2D eigenvalue weighted by atomic mass is 16.5. The monoisotopic (exact) mass is 306 g/mol. The first-order valence-electron chi connectivity index (χ1n) is 7.40. The van der Waals surface area contributed by atoms with Crippen LogP contribution >= 0.6 is 0 Å². The summed E-state index contributed by atoms with van der Waals surface area (Å²) in [6.45, 7) is 5.94. The van der Waals surface area contributed by atoms with Gasteiger partial charge in [-0.15, -0.1) is 0 Å². The highest BCUT2D eigenvalue weighted by Crippen LogP contribution is 2.34. The van der Waals surface area contributed by atoms with E-state index in [4.69, 9.17) is 4.74 Å². The van der Waals surface area contributed by atoms with Gasteiger partial charge in [0.05, 0.1) is 13.2 Å². The van der Waals surface area contributed by atoms with Gasteiger partial charge in [0.2, 0.25) is 0 Å². The van der Waals surface area contributed by atoms with Gasteiger partial charge in [0, 0.05) is 24.3 Å². The molecular formula is C18H18N4O. The fourth-order valence-electron chi connectivity index (χ4n) is 3.04. The Hall–Kier alpha value is -2.87. The van der Waals surface area contributed by atoms with Gasteiger partial charge in [-0.3, -0.25) is 4.98 Å². The van der Waals surface area contributed by atoms with Crippen LogP contribution in [0.2, 0.25) is 0 Å². The molecule has 0 aliphatic rings. The molecule has 0 fully saturated rings. The summed E-state index contributed by atoms with van der Waals surface area (Å²) in [7, 11) is 1.64. The van der Waals surface area contributed by atoms with E-state index in [1.807, 2.05) is 43.5 Å². The summed E-state index contributed by atoms with van der Waals surface area (Å²) in [6.07, 6.45) is 5.39. The van der Waals surface area contributed by atoms with Crippen molar-refractivity contribution in [3.63, 3.8) is 0 Å². The summed E-state index contributed by atoms with van der Waals surface area (Å²) in [6, 6.07) is 6.30. The van der Waals surface area contributed by atoms with Crippen molar-refractivity contribution in [3.05, 3.63) is 58.8 Å². The topological polar surface area (TPSA) is 63.2 Å². The standard InChI is InChI=1S/C18H18N4O/c1-11-5-6-15(23-4)13(3)16(11)14(9-19)17-18-20-7-8-22(18)12(2)10-21-17/h5-8,10,14H,1-4H3. The average Bonchev–Trinajstić information content (AvgIpc) is 3.03. The van der Waals surface area contributed by atoms with Gasteiger partial charge in [0.1, 0.15) is 17.4 Å². The van der Waals surface area contributed by atoms with Gasteiger partial charge in [0.25, 0.3) is 0 Å². The molecule has 0 saturated heterocycles. The van der Waals surface area contributed by atoms with Gasteiger partial charge >= 0.3 is 0 Å². The number of fused-ring (bicyclic) bond motifs is 1. The van der Waals surface area contributed by atoms with Crippen molar-refractivity contribution < 1.29 is 4.74 Å². The number of hydrogen-bond donors (Lipinski definition) is 0. The number of nitriles is 1. The molecule has 116 valence electrons. The average molecular weight is 306 g/mol. The number of imidazole rings is 1. The van der Waals surface area contributed by atoms with Gasteiger partial charge in [-0.05, 0) is 43.5 Å². The predicted molar refractivity (Wildman–Crippen MR) is 87.6 cm³/mol. The number of methoxy groups -OCH3 is 1. The summed E-state index contributed by atoms with van der Waals surface area (Å²) in [5.41, 5.74) is 5.32. The molecule has 3 aromatic rings. The van der Waals surface area contributed by atoms with E-state index in [1.54, 1.807) is 19.5 Å². The maximum absolute atomic E-state index is 9.84. The second-order valence-corrected chi connectivity index (χ2v) is 5.59. The zero-order valence-electron chi connectivity index (χ0n) is 13.7. The van der Waals surface area contributed by atoms with Crippen LogP contribution in [0.4, 0.5) is 0 Å². The van der Waals surface area contributed by atoms with E-state index in [-0.39, 0.29) is 0 Å². The van der Waals surface area contributed by atoms with Gasteiger partial charge in [-0.2, -0.15) is 5.26 Å². The third kappa shape index (κ3) is 2.33. The molecule has 1 atom stereocenters. The Kier molecular flexibility index (Phi) is 3.75. The van der Waals surface area contributed by atoms with Crippen LogP contribution in [0.3, 0.4) is 0 Å². The van der Waals surface area contributed by atoms with Crippen molar-refractivity contribution in [1.82, 2.24) is 14.4 Å². The molecule has 0 N–H and O–H groups in total. The Morgan fingerprint density at radius 3 is 2.70 bits per heavy atom. The lowest BCUT2D eigenvalue weighted by Crippen LogP contribution is -2.09. The van der Waals surface area contributed by atoms with Gasteiger partial charge < -0.3 is 9.14 Å². The summed E-state index contributed by atoms with van der Waals surface area (Å²) in [4.78, 5) is 8.91. The largest absolute Gasteiger partial charge is 0.496 e. The van der Waals surface area contributed by atoms with Crippen molar-refractivity contribution in [2.75, 3.05) is 7.11 Å². The van der Waals surface area contributed by atoms with E-state index in [1.165, 1.54) is 0 Å². The van der Waals surface area contributed by atoms with Crippen molar-refractivity contribution >= 4 is 5.65 Å². The lowest BCUT2D eigenvalue weighted by atomic mass is 9.88. The van der Waals surface area contributed by atoms with Crippen LogP contribution in [0.5, 0.6) is 5.75 Å². The first-order chi connectivity index (χ1) is 11.1. The maximum Gasteiger partial charge on any atom is 0.160 e. The van der Waals surface area contributed by atoms with Gasteiger partial charge in [0.15, 0.2) is 5.65 Å². The summed E-state index contributed by atoms with van der Waals surface area (Å²) in [5.74, 6) is 0.285. The Morgan fingerprint density at radius 2 is 2.00 bits per heavy atom. The van der Waals surface area contributed by atoms with E-state index in [0.29, 0.717) is 5.69 Å². The van der Waals surface area contributed by atoms with Crippen molar-refractivity contribution in [1.29, 1.82) is 5.26 Å². The minimum atomic E-state index is -0.490. The first-order valence-corrected chi connectivity index (χ1v) is 7.40. The third-order valence-corrected chi connectivity index (χ3v) is 4.23. The van der Waals surface area contributed by atoms with Gasteiger partial charge in [-0.25, -0.2) is 4.98 Å². The number of rotatable bonds is 3. The molecule has 0 aliphatic heterocycles. The smallest absolute Gasteiger partial charge is 0.160 e. The molecule has 23 heavy (non-hydrogen) atoms. The molecule has 2 aromatic heterocycles. The molecule has 2 heterocycles. The molecule has 0 saturated carbocycles. The summed E-state index contributed by atoms with van der Waals surface area (Å²) < 4.78 is 7.37. The molecule has 0 amide bonds. The van der Waals surface area contributed by atoms with Crippen LogP contribution in [0.15, 0.2) is 30.7 Å². The summed E-state index contributed by atoms with van der Waals surface area (Å²) in [5, 5.41) is 9.84. The molecule has 0 spiro atoms. The highest BCUT2D eigenvalue weighted by molar-refractivity contribution is 5.57. The van der Waals surface area contributed by atoms with Crippen molar-refractivity contribution in [2.24, 2.45) is 0 Å². The second-order valence-electron chi connectivity index (χ2n) is 5.59. The number of nitrogens with zero attached hydrogens (tertiary/aromatic N) is 4. The molecule has 3 rings (SSSR count). The van der Waals surface area contributed by atoms with Crippen LogP contribution in [-0.4, -0.2) is 21.5 Å². The molecule has 0 aliphatic carbocycles. The molecule has 0 radical (unpaired) electrons. The molecule has 1 unspecified atom stereocenters. The number of hydrogen-bond acceptors (Lipinski definition) is 4. The van der Waals surface area contributed by atoms with E-state index >= 15 is 0 Å². The van der Waals surface area contributed by atoms with Crippen LogP contribution in [0, 0.1) is 32.1 Å². The third-order valence-electron chi connectivity index (χ3n) is 4.23. The van der Waals surface area contributed by atoms with Gasteiger partial charge in [-0.1, -0.05) is 6.07 Å². The molecule has 0 bridgehead atoms. The quantitative estimate of drug-likeness (QED) is 0.744. The zero-order valence-corrected chi connectivity index (χ0v) is 13.7. The number of ether oxygens (including phenoxy) is 1. The van der Waals surface area contributed by atoms with E-state index in [9.17, 15) is 5.26 Å². The highest BCUT2D eigenvalue weighted by Gasteiger charge is 2.24. The van der Waals surface area contributed by atoms with Crippen molar-refractivity contribution in [2.45, 2.75) is 26.7 Å². The fraction of sp³-hybridized carbons (Fsp3) is 0.278. The SMILES string of the molecule is COc1ccc(C)c(C(C#N)c2ncc(C)n3ccnc23)c1C. The number of benzene rings is 1. The van der Waals surface area contributed by atoms with E-state index in [2.05, 4.69) is 16.0 Å². The normalized spacial score (nSPS) is 12.1. The Morgan fingerprint density at radius 1 is 1.22 bits per heavy atom. The minimum absolute atomic E-state index is 0.490. The zero-order chi connectivity index (χ0) is 16.6. The summed E-state index contributed by atoms with van der Waals surface area (Å²) >= 11 is 0. The number of aryl methyl sites for hydroxylation is 2. The minimum Gasteiger partial charge on any atom is -0.496 e.